The second-order valence-corrected chi connectivity index (χ2v) is 4.63. The zero-order chi connectivity index (χ0) is 13.1. The Labute approximate surface area is 106 Å². The van der Waals surface area contributed by atoms with Crippen molar-refractivity contribution in [1.82, 2.24) is 9.91 Å². The lowest BCUT2D eigenvalue weighted by Crippen LogP contribution is -2.47. The Bertz CT molecular complexity index is 442. The second-order valence-electron chi connectivity index (χ2n) is 4.63. The molecule has 2 rings (SSSR count). The molecule has 98 valence electrons. The lowest BCUT2D eigenvalue weighted by Gasteiger charge is -2.33. The van der Waals surface area contributed by atoms with E-state index in [1.54, 1.807) is 6.07 Å². The molecule has 0 amide bonds. The van der Waals surface area contributed by atoms with Gasteiger partial charge in [0.1, 0.15) is 5.69 Å². The van der Waals surface area contributed by atoms with Gasteiger partial charge < -0.3 is 10.3 Å². The number of hydrogen-bond donors (Lipinski definition) is 1. The third-order valence-electron chi connectivity index (χ3n) is 3.22. The van der Waals surface area contributed by atoms with E-state index in [2.05, 4.69) is 17.4 Å². The van der Waals surface area contributed by atoms with Crippen LogP contribution in [0, 0.1) is 17.0 Å². The van der Waals surface area contributed by atoms with Crippen LogP contribution in [0.1, 0.15) is 5.56 Å². The molecule has 1 aliphatic heterocycles. The van der Waals surface area contributed by atoms with Crippen LogP contribution >= 0.6 is 0 Å². The molecule has 1 fully saturated rings. The summed E-state index contributed by atoms with van der Waals surface area (Å²) < 4.78 is 0. The highest BCUT2D eigenvalue weighted by molar-refractivity contribution is 5.65. The van der Waals surface area contributed by atoms with Gasteiger partial charge in [0.15, 0.2) is 0 Å². The molecule has 0 aromatic heterocycles. The van der Waals surface area contributed by atoms with Gasteiger partial charge in [0.2, 0.25) is 0 Å². The number of aryl methyl sites for hydroxylation is 1. The summed E-state index contributed by atoms with van der Waals surface area (Å²) in [6.45, 7) is 5.54. The van der Waals surface area contributed by atoms with Crippen molar-refractivity contribution < 1.29 is 4.92 Å². The number of hydrazine groups is 1. The van der Waals surface area contributed by atoms with Crippen molar-refractivity contribution in [3.63, 3.8) is 0 Å². The van der Waals surface area contributed by atoms with Gasteiger partial charge in [-0.1, -0.05) is 12.1 Å². The molecule has 0 radical (unpaired) electrons. The summed E-state index contributed by atoms with van der Waals surface area (Å²) in [6.07, 6.45) is 0. The van der Waals surface area contributed by atoms with Gasteiger partial charge >= 0.3 is 0 Å². The largest absolute Gasteiger partial charge is 0.313 e. The van der Waals surface area contributed by atoms with Crippen molar-refractivity contribution in [3.05, 3.63) is 33.9 Å². The predicted octanol–water partition coefficient (Wildman–Crippen LogP) is 1.48. The van der Waals surface area contributed by atoms with E-state index in [-0.39, 0.29) is 10.6 Å². The van der Waals surface area contributed by atoms with Crippen LogP contribution in [0.5, 0.6) is 0 Å². The van der Waals surface area contributed by atoms with Crippen molar-refractivity contribution in [2.75, 3.05) is 38.7 Å². The van der Waals surface area contributed by atoms with Gasteiger partial charge in [-0.05, 0) is 19.5 Å². The smallest absolute Gasteiger partial charge is 0.293 e. The van der Waals surface area contributed by atoms with Gasteiger partial charge in [-0.3, -0.25) is 10.1 Å². The van der Waals surface area contributed by atoms with Crippen molar-refractivity contribution in [2.24, 2.45) is 0 Å². The summed E-state index contributed by atoms with van der Waals surface area (Å²) in [5, 5.41) is 13.0. The zero-order valence-corrected chi connectivity index (χ0v) is 10.7. The molecular weight excluding hydrogens is 232 g/mol. The minimum Gasteiger partial charge on any atom is -0.313 e. The summed E-state index contributed by atoms with van der Waals surface area (Å²) in [5.41, 5.74) is 4.81. The van der Waals surface area contributed by atoms with Crippen LogP contribution in [-0.2, 0) is 0 Å². The van der Waals surface area contributed by atoms with Crippen LogP contribution in [0.25, 0.3) is 0 Å². The van der Waals surface area contributed by atoms with Crippen LogP contribution in [0.3, 0.4) is 0 Å². The van der Waals surface area contributed by atoms with Gasteiger partial charge in [-0.15, -0.1) is 0 Å². The van der Waals surface area contributed by atoms with Crippen LogP contribution in [-0.4, -0.2) is 48.1 Å². The van der Waals surface area contributed by atoms with Crippen LogP contribution in [0.4, 0.5) is 11.4 Å². The number of hydrogen-bond acceptors (Lipinski definition) is 5. The predicted molar refractivity (Wildman–Crippen MR) is 70.5 cm³/mol. The number of nitro benzene ring substituents is 1. The van der Waals surface area contributed by atoms with Crippen molar-refractivity contribution in [3.8, 4) is 0 Å². The molecule has 1 saturated heterocycles. The molecule has 0 atom stereocenters. The van der Waals surface area contributed by atoms with Gasteiger partial charge in [0, 0.05) is 32.2 Å². The molecule has 18 heavy (non-hydrogen) atoms. The average Bonchev–Trinajstić information content (AvgIpc) is 2.34. The molecule has 1 aliphatic rings. The third kappa shape index (κ3) is 2.77. The number of benzene rings is 1. The number of rotatable bonds is 3. The summed E-state index contributed by atoms with van der Waals surface area (Å²) in [4.78, 5) is 12.9. The lowest BCUT2D eigenvalue weighted by molar-refractivity contribution is -0.384. The quantitative estimate of drug-likeness (QED) is 0.650. The Morgan fingerprint density at radius 1 is 1.28 bits per heavy atom. The van der Waals surface area contributed by atoms with E-state index < -0.39 is 0 Å². The Hall–Kier alpha value is -1.66. The molecule has 0 aliphatic carbocycles. The average molecular weight is 250 g/mol. The van der Waals surface area contributed by atoms with E-state index in [9.17, 15) is 10.1 Å². The number of anilines is 1. The number of likely N-dealkylation sites (N-methyl/N-ethyl adjacent to an activating group) is 1. The first-order valence-electron chi connectivity index (χ1n) is 6.02. The fourth-order valence-electron chi connectivity index (χ4n) is 2.03. The zero-order valence-electron chi connectivity index (χ0n) is 10.7. The topological polar surface area (TPSA) is 61.7 Å². The Kier molecular flexibility index (Phi) is 3.78. The van der Waals surface area contributed by atoms with E-state index >= 15 is 0 Å². The molecule has 1 aromatic carbocycles. The number of nitrogens with one attached hydrogen (secondary N) is 1. The lowest BCUT2D eigenvalue weighted by atomic mass is 10.2. The van der Waals surface area contributed by atoms with E-state index in [1.807, 2.05) is 18.0 Å². The van der Waals surface area contributed by atoms with E-state index in [1.165, 1.54) is 6.07 Å². The van der Waals surface area contributed by atoms with Crippen LogP contribution < -0.4 is 5.43 Å². The van der Waals surface area contributed by atoms with Crippen molar-refractivity contribution >= 4 is 11.4 Å². The first kappa shape index (κ1) is 12.8. The summed E-state index contributed by atoms with van der Waals surface area (Å²) in [6, 6.07) is 5.12. The van der Waals surface area contributed by atoms with Crippen LogP contribution in [0.15, 0.2) is 18.2 Å². The number of nitrogens with zero attached hydrogens (tertiary/aromatic N) is 3. The molecule has 1 N–H and O–H groups in total. The van der Waals surface area contributed by atoms with E-state index in [0.717, 1.165) is 31.7 Å². The standard InChI is InChI=1S/C12H18N4O2/c1-10-4-3-5-11(16(17)18)12(10)13-15-8-6-14(2)7-9-15/h3-5,13H,6-9H2,1-2H3. The molecular formula is C12H18N4O2. The summed E-state index contributed by atoms with van der Waals surface area (Å²) >= 11 is 0. The number of nitro groups is 1. The third-order valence-corrected chi connectivity index (χ3v) is 3.22. The van der Waals surface area contributed by atoms with Gasteiger partial charge in [-0.25, -0.2) is 5.01 Å². The number of para-hydroxylation sites is 1. The fourth-order valence-corrected chi connectivity index (χ4v) is 2.03. The normalized spacial score (nSPS) is 17.7. The highest BCUT2D eigenvalue weighted by atomic mass is 16.6. The Morgan fingerprint density at radius 2 is 1.94 bits per heavy atom. The number of piperazine rings is 1. The van der Waals surface area contributed by atoms with E-state index in [0.29, 0.717) is 5.69 Å². The maximum Gasteiger partial charge on any atom is 0.293 e. The molecule has 0 unspecified atom stereocenters. The second kappa shape index (κ2) is 5.32. The fraction of sp³-hybridized carbons (Fsp3) is 0.500. The van der Waals surface area contributed by atoms with Crippen LogP contribution in [0.2, 0.25) is 0 Å². The van der Waals surface area contributed by atoms with Gasteiger partial charge in [0.25, 0.3) is 5.69 Å². The van der Waals surface area contributed by atoms with Gasteiger partial charge in [-0.2, -0.15) is 0 Å². The van der Waals surface area contributed by atoms with Crippen molar-refractivity contribution in [1.29, 1.82) is 0 Å². The van der Waals surface area contributed by atoms with Gasteiger partial charge in [0.05, 0.1) is 4.92 Å². The first-order valence-corrected chi connectivity index (χ1v) is 6.02. The maximum atomic E-state index is 11.0. The molecule has 1 heterocycles. The monoisotopic (exact) mass is 250 g/mol. The Morgan fingerprint density at radius 3 is 2.56 bits per heavy atom. The molecule has 0 saturated carbocycles. The molecule has 1 aromatic rings. The summed E-state index contributed by atoms with van der Waals surface area (Å²) in [7, 11) is 2.08. The molecule has 0 bridgehead atoms. The van der Waals surface area contributed by atoms with Crippen molar-refractivity contribution in [2.45, 2.75) is 6.92 Å². The summed E-state index contributed by atoms with van der Waals surface area (Å²) in [5.74, 6) is 0. The highest BCUT2D eigenvalue weighted by Gasteiger charge is 2.20. The minimum absolute atomic E-state index is 0.133. The first-order chi connectivity index (χ1) is 8.58. The van der Waals surface area contributed by atoms with E-state index in [4.69, 9.17) is 0 Å². The SMILES string of the molecule is Cc1cccc([N+](=O)[O-])c1NN1CCN(C)CC1. The molecule has 6 heteroatoms. The highest BCUT2D eigenvalue weighted by Crippen LogP contribution is 2.28. The molecule has 0 spiro atoms. The maximum absolute atomic E-state index is 11.0. The minimum atomic E-state index is -0.342. The Balaban J connectivity index is 2.15. The molecule has 6 nitrogen and oxygen atoms in total.